The Balaban J connectivity index is -0.000000125. The molecule has 8 heavy (non-hydrogen) atoms. The Hall–Kier alpha value is 1.27. The molecule has 0 saturated heterocycles. The standard InChI is InChI=1S/C6H12.V.W/c1-4-6(3)5-2;;/h4-6H,1-3H3;;/q-2;;. The van der Waals surface area contributed by atoms with Crippen LogP contribution in [-0.4, -0.2) is 0 Å². The predicted molar refractivity (Wildman–Crippen MR) is 29.1 cm³/mol. The van der Waals surface area contributed by atoms with Crippen molar-refractivity contribution < 1.29 is 39.6 Å². The fourth-order valence-corrected chi connectivity index (χ4v) is 0.192. The van der Waals surface area contributed by atoms with Gasteiger partial charge in [0.15, 0.2) is 0 Å². The Kier molecular flexibility index (Phi) is 22.4. The molecule has 0 aliphatic rings. The summed E-state index contributed by atoms with van der Waals surface area (Å²) in [5.74, 6) is 0.685. The normalized spacial score (nSPS) is 7.50. The first-order valence-corrected chi connectivity index (χ1v) is 2.40. The zero-order chi connectivity index (χ0) is 4.99. The van der Waals surface area contributed by atoms with Crippen LogP contribution in [-0.2, 0) is 39.6 Å². The first kappa shape index (κ1) is 16.1. The zero-order valence-electron chi connectivity index (χ0n) is 5.59. The summed E-state index contributed by atoms with van der Waals surface area (Å²) in [7, 11) is 0. The van der Waals surface area contributed by atoms with E-state index < -0.39 is 0 Å². The van der Waals surface area contributed by atoms with Crippen LogP contribution in [0.3, 0.4) is 0 Å². The summed E-state index contributed by atoms with van der Waals surface area (Å²) in [4.78, 5) is 0. The van der Waals surface area contributed by atoms with Crippen LogP contribution in [0.5, 0.6) is 0 Å². The molecular formula is C6H12VW-2. The maximum absolute atomic E-state index is 2.17. The van der Waals surface area contributed by atoms with Gasteiger partial charge in [-0.1, -0.05) is 0 Å². The second-order valence-electron chi connectivity index (χ2n) is 1.53. The molecule has 0 saturated carbocycles. The van der Waals surface area contributed by atoms with Gasteiger partial charge in [-0.15, -0.1) is 6.92 Å². The van der Waals surface area contributed by atoms with Crippen molar-refractivity contribution in [1.29, 1.82) is 0 Å². The van der Waals surface area contributed by atoms with Crippen LogP contribution in [0.1, 0.15) is 20.8 Å². The Morgan fingerprint density at radius 3 is 1.38 bits per heavy atom. The molecule has 0 rings (SSSR count). The second kappa shape index (κ2) is 11.1. The molecule has 0 aliphatic carbocycles. The third-order valence-corrected chi connectivity index (χ3v) is 1.05. The van der Waals surface area contributed by atoms with Crippen molar-refractivity contribution in [2.45, 2.75) is 20.8 Å². The van der Waals surface area contributed by atoms with Crippen LogP contribution in [0.2, 0.25) is 0 Å². The molecule has 0 aliphatic heterocycles. The van der Waals surface area contributed by atoms with Crippen molar-refractivity contribution in [2.75, 3.05) is 0 Å². The summed E-state index contributed by atoms with van der Waals surface area (Å²) in [6.07, 6.45) is 4.33. The van der Waals surface area contributed by atoms with Gasteiger partial charge < -0.3 is 18.8 Å². The summed E-state index contributed by atoms with van der Waals surface area (Å²) in [6, 6.07) is 0. The van der Waals surface area contributed by atoms with Crippen molar-refractivity contribution in [3.05, 3.63) is 12.8 Å². The number of hydrogen-bond acceptors (Lipinski definition) is 0. The van der Waals surface area contributed by atoms with E-state index in [9.17, 15) is 0 Å². The topological polar surface area (TPSA) is 0 Å². The van der Waals surface area contributed by atoms with Crippen molar-refractivity contribution in [2.24, 2.45) is 5.92 Å². The molecule has 0 heterocycles. The second-order valence-corrected chi connectivity index (χ2v) is 1.53. The van der Waals surface area contributed by atoms with Crippen molar-refractivity contribution in [3.8, 4) is 0 Å². The summed E-state index contributed by atoms with van der Waals surface area (Å²) in [6.45, 7) is 6.31. The minimum absolute atomic E-state index is 0. The predicted octanol–water partition coefficient (Wildman–Crippen LogP) is 2.07. The van der Waals surface area contributed by atoms with Gasteiger partial charge in [0.1, 0.15) is 0 Å². The molecule has 0 aromatic carbocycles. The molecule has 49 valence electrons. The zero-order valence-corrected chi connectivity index (χ0v) is 9.92. The summed E-state index contributed by atoms with van der Waals surface area (Å²) >= 11 is 0. The fourth-order valence-electron chi connectivity index (χ4n) is 0.192. The third-order valence-electron chi connectivity index (χ3n) is 1.05. The summed E-state index contributed by atoms with van der Waals surface area (Å²) in [5.41, 5.74) is 0. The van der Waals surface area contributed by atoms with Gasteiger partial charge in [0.2, 0.25) is 0 Å². The third kappa shape index (κ3) is 10.3. The minimum Gasteiger partial charge on any atom is -0.358 e. The smallest absolute Gasteiger partial charge is 0 e. The Morgan fingerprint density at radius 1 is 1.12 bits per heavy atom. The molecular weight excluding hydrogens is 307 g/mol. The molecule has 0 amide bonds. The van der Waals surface area contributed by atoms with E-state index in [1.165, 1.54) is 0 Å². The SMILES string of the molecule is C[CH-]C(C)[CH-]C.[V].[W]. The van der Waals surface area contributed by atoms with Gasteiger partial charge in [0.25, 0.3) is 0 Å². The molecule has 0 aromatic rings. The fraction of sp³-hybridized carbons (Fsp3) is 0.667. The van der Waals surface area contributed by atoms with Crippen LogP contribution < -0.4 is 0 Å². The summed E-state index contributed by atoms with van der Waals surface area (Å²) < 4.78 is 0. The average molecular weight is 319 g/mol. The van der Waals surface area contributed by atoms with Crippen LogP contribution in [0.4, 0.5) is 0 Å². The van der Waals surface area contributed by atoms with E-state index in [4.69, 9.17) is 0 Å². The van der Waals surface area contributed by atoms with Crippen LogP contribution >= 0.6 is 0 Å². The van der Waals surface area contributed by atoms with E-state index >= 15 is 0 Å². The van der Waals surface area contributed by atoms with Gasteiger partial charge >= 0.3 is 0 Å². The molecule has 2 heteroatoms. The van der Waals surface area contributed by atoms with Crippen molar-refractivity contribution >= 4 is 0 Å². The molecule has 0 unspecified atom stereocenters. The molecule has 0 nitrogen and oxygen atoms in total. The van der Waals surface area contributed by atoms with E-state index in [0.717, 1.165) is 0 Å². The quantitative estimate of drug-likeness (QED) is 0.684. The van der Waals surface area contributed by atoms with E-state index in [-0.39, 0.29) is 39.6 Å². The molecule has 0 fully saturated rings. The first-order chi connectivity index (χ1) is 2.81. The van der Waals surface area contributed by atoms with Gasteiger partial charge in [-0.05, 0) is 0 Å². The average Bonchev–Trinajstić information content (AvgIpc) is 1.65. The van der Waals surface area contributed by atoms with Crippen LogP contribution in [0.25, 0.3) is 0 Å². The molecule has 0 N–H and O–H groups in total. The largest absolute Gasteiger partial charge is 0.358 e. The number of hydrogen-bond donors (Lipinski definition) is 0. The molecule has 0 bridgehead atoms. The van der Waals surface area contributed by atoms with E-state index in [2.05, 4.69) is 33.6 Å². The van der Waals surface area contributed by atoms with Crippen molar-refractivity contribution in [3.63, 3.8) is 0 Å². The van der Waals surface area contributed by atoms with Crippen molar-refractivity contribution in [1.82, 2.24) is 0 Å². The van der Waals surface area contributed by atoms with E-state index in [1.54, 1.807) is 0 Å². The maximum Gasteiger partial charge on any atom is 0 e. The Labute approximate surface area is 79.0 Å². The molecule has 1 radical (unpaired) electrons. The first-order valence-electron chi connectivity index (χ1n) is 2.40. The Morgan fingerprint density at radius 2 is 1.38 bits per heavy atom. The minimum atomic E-state index is 0. The van der Waals surface area contributed by atoms with Gasteiger partial charge in [-0.2, -0.15) is 13.8 Å². The van der Waals surface area contributed by atoms with E-state index in [0.29, 0.717) is 5.92 Å². The van der Waals surface area contributed by atoms with Gasteiger partial charge in [-0.3, -0.25) is 0 Å². The van der Waals surface area contributed by atoms with Crippen LogP contribution in [0.15, 0.2) is 0 Å². The van der Waals surface area contributed by atoms with Gasteiger partial charge in [0, 0.05) is 39.6 Å². The maximum atomic E-state index is 2.17. The van der Waals surface area contributed by atoms with Crippen LogP contribution in [0, 0.1) is 18.8 Å². The number of rotatable bonds is 2. The van der Waals surface area contributed by atoms with E-state index in [1.807, 2.05) is 0 Å². The van der Waals surface area contributed by atoms with Gasteiger partial charge in [-0.25, -0.2) is 0 Å². The monoisotopic (exact) mass is 319 g/mol. The Bertz CT molecular complexity index is 27.7. The molecule has 0 aromatic heterocycles. The molecule has 0 spiro atoms. The summed E-state index contributed by atoms with van der Waals surface area (Å²) in [5, 5.41) is 0. The van der Waals surface area contributed by atoms with Gasteiger partial charge in [0.05, 0.1) is 0 Å². The molecule has 0 atom stereocenters.